The third kappa shape index (κ3) is 2.39. The average Bonchev–Trinajstić information content (AvgIpc) is 2.61. The number of carbonyl (C=O) groups excluding carboxylic acids is 1. The molecule has 0 atom stereocenters. The second-order valence-corrected chi connectivity index (χ2v) is 5.13. The van der Waals surface area contributed by atoms with Crippen LogP contribution in [0.2, 0.25) is 0 Å². The lowest BCUT2D eigenvalue weighted by molar-refractivity contribution is -0.118. The molecule has 0 aliphatic carbocycles. The van der Waals surface area contributed by atoms with Gasteiger partial charge in [0.15, 0.2) is 0 Å². The van der Waals surface area contributed by atoms with Crippen molar-refractivity contribution in [3.05, 3.63) is 60.2 Å². The number of benzene rings is 2. The van der Waals surface area contributed by atoms with Crippen molar-refractivity contribution < 1.29 is 4.79 Å². The first-order chi connectivity index (χ1) is 9.75. The summed E-state index contributed by atoms with van der Waals surface area (Å²) >= 11 is 0. The Hall–Kier alpha value is -2.29. The van der Waals surface area contributed by atoms with Crippen LogP contribution in [0.1, 0.15) is 12.0 Å². The van der Waals surface area contributed by atoms with Crippen molar-refractivity contribution in [2.45, 2.75) is 13.0 Å². The molecule has 102 valence electrons. The second kappa shape index (κ2) is 5.37. The molecule has 3 rings (SSSR count). The summed E-state index contributed by atoms with van der Waals surface area (Å²) in [6.45, 7) is 1.39. The van der Waals surface area contributed by atoms with Crippen LogP contribution in [0.5, 0.6) is 0 Å². The maximum atomic E-state index is 12.4. The zero-order valence-electron chi connectivity index (χ0n) is 11.6. The summed E-state index contributed by atoms with van der Waals surface area (Å²) in [4.78, 5) is 16.5. The fourth-order valence-electron chi connectivity index (χ4n) is 2.61. The molecule has 0 saturated heterocycles. The van der Waals surface area contributed by atoms with Gasteiger partial charge in [0.25, 0.3) is 0 Å². The Morgan fingerprint density at radius 3 is 2.35 bits per heavy atom. The summed E-state index contributed by atoms with van der Waals surface area (Å²) in [5.41, 5.74) is 3.27. The van der Waals surface area contributed by atoms with Crippen LogP contribution in [0, 0.1) is 0 Å². The number of rotatable bonds is 2. The van der Waals surface area contributed by atoms with Crippen LogP contribution in [-0.4, -0.2) is 19.5 Å². The lowest BCUT2D eigenvalue weighted by Gasteiger charge is -2.24. The van der Waals surface area contributed by atoms with Crippen LogP contribution in [0.4, 0.5) is 11.4 Å². The van der Waals surface area contributed by atoms with Gasteiger partial charge in [0.1, 0.15) is 0 Å². The van der Waals surface area contributed by atoms with Gasteiger partial charge < -0.3 is 9.80 Å². The van der Waals surface area contributed by atoms with Gasteiger partial charge in [0, 0.05) is 20.0 Å². The minimum atomic E-state index is 0.186. The molecule has 20 heavy (non-hydrogen) atoms. The number of nitrogens with zero attached hydrogens (tertiary/aromatic N) is 2. The molecular weight excluding hydrogens is 248 g/mol. The van der Waals surface area contributed by atoms with Gasteiger partial charge in [-0.15, -0.1) is 0 Å². The first-order valence-electron chi connectivity index (χ1n) is 6.90. The standard InChI is InChI=1S/C17H18N2O/c1-18-12-11-17(20)19(13-14-7-3-2-4-8-14)16-10-6-5-9-15(16)18/h2-10H,11-13H2,1H3. The van der Waals surface area contributed by atoms with Crippen LogP contribution in [0.15, 0.2) is 54.6 Å². The minimum Gasteiger partial charge on any atom is -0.372 e. The number of fused-ring (bicyclic) bond motifs is 1. The van der Waals surface area contributed by atoms with E-state index in [-0.39, 0.29) is 5.91 Å². The fourth-order valence-corrected chi connectivity index (χ4v) is 2.61. The van der Waals surface area contributed by atoms with Crippen molar-refractivity contribution in [1.82, 2.24) is 0 Å². The first-order valence-corrected chi connectivity index (χ1v) is 6.90. The van der Waals surface area contributed by atoms with Crippen molar-refractivity contribution in [2.24, 2.45) is 0 Å². The summed E-state index contributed by atoms with van der Waals surface area (Å²) in [6.07, 6.45) is 0.554. The topological polar surface area (TPSA) is 23.6 Å². The fraction of sp³-hybridized carbons (Fsp3) is 0.235. The summed E-state index contributed by atoms with van der Waals surface area (Å²) in [7, 11) is 2.04. The van der Waals surface area contributed by atoms with Gasteiger partial charge in [-0.2, -0.15) is 0 Å². The molecular formula is C17H18N2O. The average molecular weight is 266 g/mol. The molecule has 0 saturated carbocycles. The van der Waals surface area contributed by atoms with E-state index in [2.05, 4.69) is 23.1 Å². The van der Waals surface area contributed by atoms with Crippen LogP contribution in [0.3, 0.4) is 0 Å². The van der Waals surface area contributed by atoms with Gasteiger partial charge >= 0.3 is 0 Å². The molecule has 3 nitrogen and oxygen atoms in total. The van der Waals surface area contributed by atoms with Crippen molar-refractivity contribution in [3.8, 4) is 0 Å². The Bertz CT molecular complexity index is 609. The van der Waals surface area contributed by atoms with Crippen LogP contribution in [-0.2, 0) is 11.3 Å². The molecule has 0 fully saturated rings. The molecule has 0 radical (unpaired) electrons. The van der Waals surface area contributed by atoms with Crippen LogP contribution in [0.25, 0.3) is 0 Å². The Kier molecular flexibility index (Phi) is 3.42. The van der Waals surface area contributed by atoms with Crippen molar-refractivity contribution >= 4 is 17.3 Å². The van der Waals surface area contributed by atoms with E-state index in [0.29, 0.717) is 13.0 Å². The van der Waals surface area contributed by atoms with Gasteiger partial charge in [-0.1, -0.05) is 42.5 Å². The van der Waals surface area contributed by atoms with Gasteiger partial charge in [-0.3, -0.25) is 4.79 Å². The molecule has 0 N–H and O–H groups in total. The second-order valence-electron chi connectivity index (χ2n) is 5.13. The van der Waals surface area contributed by atoms with E-state index in [4.69, 9.17) is 0 Å². The normalized spacial score (nSPS) is 14.9. The zero-order valence-corrected chi connectivity index (χ0v) is 11.6. The van der Waals surface area contributed by atoms with E-state index in [1.54, 1.807) is 0 Å². The molecule has 0 bridgehead atoms. The molecule has 0 spiro atoms. The zero-order chi connectivity index (χ0) is 13.9. The lowest BCUT2D eigenvalue weighted by Crippen LogP contribution is -2.29. The largest absolute Gasteiger partial charge is 0.372 e. The van der Waals surface area contributed by atoms with Gasteiger partial charge in [-0.25, -0.2) is 0 Å². The first kappa shape index (κ1) is 12.7. The predicted octanol–water partition coefficient (Wildman–Crippen LogP) is 3.06. The molecule has 2 aromatic carbocycles. The Morgan fingerprint density at radius 2 is 1.60 bits per heavy atom. The highest BCUT2D eigenvalue weighted by molar-refractivity contribution is 5.98. The number of amides is 1. The molecule has 1 aliphatic rings. The Labute approximate surface area is 119 Å². The maximum Gasteiger partial charge on any atom is 0.229 e. The van der Waals surface area contributed by atoms with E-state index >= 15 is 0 Å². The molecule has 0 aromatic heterocycles. The summed E-state index contributed by atoms with van der Waals surface area (Å²) in [5.74, 6) is 0.186. The van der Waals surface area contributed by atoms with Gasteiger partial charge in [-0.05, 0) is 17.7 Å². The van der Waals surface area contributed by atoms with Crippen molar-refractivity contribution in [2.75, 3.05) is 23.4 Å². The number of hydrogen-bond donors (Lipinski definition) is 0. The van der Waals surface area contributed by atoms with Gasteiger partial charge in [0.2, 0.25) is 5.91 Å². The number of carbonyl (C=O) groups is 1. The smallest absolute Gasteiger partial charge is 0.229 e. The lowest BCUT2D eigenvalue weighted by atomic mass is 10.1. The molecule has 1 aliphatic heterocycles. The SMILES string of the molecule is CN1CCC(=O)N(Cc2ccccc2)c2ccccc21. The molecule has 0 unspecified atom stereocenters. The predicted molar refractivity (Wildman–Crippen MR) is 82.0 cm³/mol. The van der Waals surface area contributed by atoms with Crippen molar-refractivity contribution in [3.63, 3.8) is 0 Å². The quantitative estimate of drug-likeness (QED) is 0.834. The minimum absolute atomic E-state index is 0.186. The highest BCUT2D eigenvalue weighted by Gasteiger charge is 2.24. The third-order valence-electron chi connectivity index (χ3n) is 3.73. The maximum absolute atomic E-state index is 12.4. The van der Waals surface area contributed by atoms with E-state index < -0.39 is 0 Å². The number of anilines is 2. The Morgan fingerprint density at radius 1 is 0.950 bits per heavy atom. The van der Waals surface area contributed by atoms with E-state index in [9.17, 15) is 4.79 Å². The van der Waals surface area contributed by atoms with E-state index in [0.717, 1.165) is 23.5 Å². The summed E-state index contributed by atoms with van der Waals surface area (Å²) in [5, 5.41) is 0. The van der Waals surface area contributed by atoms with Crippen LogP contribution < -0.4 is 9.80 Å². The van der Waals surface area contributed by atoms with Crippen molar-refractivity contribution in [1.29, 1.82) is 0 Å². The van der Waals surface area contributed by atoms with Gasteiger partial charge in [0.05, 0.1) is 17.9 Å². The Balaban J connectivity index is 1.99. The highest BCUT2D eigenvalue weighted by Crippen LogP contribution is 2.32. The monoisotopic (exact) mass is 266 g/mol. The van der Waals surface area contributed by atoms with Crippen LogP contribution >= 0.6 is 0 Å². The van der Waals surface area contributed by atoms with E-state index in [1.807, 2.05) is 48.3 Å². The molecule has 1 amide bonds. The molecule has 3 heteroatoms. The molecule has 1 heterocycles. The third-order valence-corrected chi connectivity index (χ3v) is 3.73. The number of para-hydroxylation sites is 2. The highest BCUT2D eigenvalue weighted by atomic mass is 16.2. The number of hydrogen-bond acceptors (Lipinski definition) is 2. The summed E-state index contributed by atoms with van der Waals surface area (Å²) in [6, 6.07) is 18.2. The summed E-state index contributed by atoms with van der Waals surface area (Å²) < 4.78 is 0. The van der Waals surface area contributed by atoms with E-state index in [1.165, 1.54) is 0 Å². The molecule has 2 aromatic rings.